The van der Waals surface area contributed by atoms with E-state index < -0.39 is 0 Å². The van der Waals surface area contributed by atoms with Crippen molar-refractivity contribution in [3.8, 4) is 0 Å². The molecule has 1 saturated heterocycles. The van der Waals surface area contributed by atoms with Crippen LogP contribution < -0.4 is 5.32 Å². The zero-order valence-electron chi connectivity index (χ0n) is 14.3. The second-order valence-corrected chi connectivity index (χ2v) is 7.09. The number of hydrogen-bond donors (Lipinski definition) is 1. The van der Waals surface area contributed by atoms with E-state index in [1.54, 1.807) is 11.3 Å². The zero-order valence-corrected chi connectivity index (χ0v) is 15.2. The Bertz CT molecular complexity index is 729. The number of amides is 2. The lowest BCUT2D eigenvalue weighted by Gasteiger charge is -2.34. The van der Waals surface area contributed by atoms with Gasteiger partial charge in [-0.2, -0.15) is 0 Å². The maximum absolute atomic E-state index is 12.7. The molecule has 2 aromatic rings. The van der Waals surface area contributed by atoms with E-state index in [1.807, 2.05) is 17.2 Å². The summed E-state index contributed by atoms with van der Waals surface area (Å²) in [6.07, 6.45) is 0. The fourth-order valence-electron chi connectivity index (χ4n) is 2.89. The minimum absolute atomic E-state index is 0.0591. The number of thiazole rings is 1. The number of nitrogens with one attached hydrogen (secondary N) is 1. The fraction of sp³-hybridized carbons (Fsp3) is 0.444. The molecule has 0 saturated carbocycles. The lowest BCUT2D eigenvalue weighted by atomic mass is 10.1. The van der Waals surface area contributed by atoms with Crippen LogP contribution in [0.2, 0.25) is 0 Å². The van der Waals surface area contributed by atoms with Crippen molar-refractivity contribution in [2.75, 3.05) is 19.8 Å². The second kappa shape index (κ2) is 7.32. The third-order valence-corrected chi connectivity index (χ3v) is 5.30. The highest BCUT2D eigenvalue weighted by Gasteiger charge is 2.30. The van der Waals surface area contributed by atoms with E-state index in [-0.39, 0.29) is 12.1 Å². The van der Waals surface area contributed by atoms with Gasteiger partial charge in [-0.3, -0.25) is 0 Å². The predicted octanol–water partition coefficient (Wildman–Crippen LogP) is 3.35. The van der Waals surface area contributed by atoms with Gasteiger partial charge in [-0.15, -0.1) is 11.3 Å². The minimum Gasteiger partial charge on any atom is -0.377 e. The summed E-state index contributed by atoms with van der Waals surface area (Å²) in [6, 6.07) is 6.13. The maximum Gasteiger partial charge on any atom is 0.318 e. The number of nitrogens with zero attached hydrogens (tertiary/aromatic N) is 2. The number of rotatable bonds is 3. The van der Waals surface area contributed by atoms with Gasteiger partial charge in [0.05, 0.1) is 13.2 Å². The minimum atomic E-state index is -0.100. The van der Waals surface area contributed by atoms with Crippen molar-refractivity contribution >= 4 is 17.4 Å². The number of urea groups is 1. The van der Waals surface area contributed by atoms with E-state index in [0.29, 0.717) is 26.3 Å². The van der Waals surface area contributed by atoms with E-state index >= 15 is 0 Å². The van der Waals surface area contributed by atoms with Gasteiger partial charge in [0.2, 0.25) is 0 Å². The zero-order chi connectivity index (χ0) is 17.1. The highest BCUT2D eigenvalue weighted by molar-refractivity contribution is 7.09. The Kier molecular flexibility index (Phi) is 5.16. The molecule has 1 unspecified atom stereocenters. The summed E-state index contributed by atoms with van der Waals surface area (Å²) in [6.45, 7) is 8.30. The van der Waals surface area contributed by atoms with Crippen LogP contribution in [0.3, 0.4) is 0 Å². The fourth-order valence-corrected chi connectivity index (χ4v) is 3.79. The Labute approximate surface area is 146 Å². The van der Waals surface area contributed by atoms with Crippen LogP contribution in [0.4, 0.5) is 4.79 Å². The van der Waals surface area contributed by atoms with Crippen LogP contribution in [0.25, 0.3) is 0 Å². The second-order valence-electron chi connectivity index (χ2n) is 6.20. The van der Waals surface area contributed by atoms with Crippen LogP contribution in [-0.4, -0.2) is 35.7 Å². The van der Waals surface area contributed by atoms with E-state index in [1.165, 1.54) is 11.1 Å². The van der Waals surface area contributed by atoms with Crippen LogP contribution in [0, 0.1) is 20.8 Å². The van der Waals surface area contributed by atoms with Gasteiger partial charge in [-0.05, 0) is 31.9 Å². The summed E-state index contributed by atoms with van der Waals surface area (Å²) in [5.41, 5.74) is 4.55. The van der Waals surface area contributed by atoms with Gasteiger partial charge in [0.15, 0.2) is 0 Å². The molecule has 24 heavy (non-hydrogen) atoms. The van der Waals surface area contributed by atoms with E-state index in [0.717, 1.165) is 16.3 Å². The Morgan fingerprint density at radius 1 is 1.42 bits per heavy atom. The summed E-state index contributed by atoms with van der Waals surface area (Å²) in [7, 11) is 0. The molecule has 1 aromatic carbocycles. The summed E-state index contributed by atoms with van der Waals surface area (Å²) >= 11 is 1.58. The van der Waals surface area contributed by atoms with Crippen molar-refractivity contribution in [1.29, 1.82) is 0 Å². The molecule has 5 nitrogen and oxygen atoms in total. The number of carbonyl (C=O) groups excluding carboxylic acids is 1. The standard InChI is InChI=1S/C18H23N3O2S/c1-12-4-5-15(13(2)8-12)9-19-18(22)21-6-7-23-10-16(21)17-20-14(3)11-24-17/h4-5,8,11,16H,6-7,9-10H2,1-3H3,(H,19,22). The maximum atomic E-state index is 12.7. The number of benzene rings is 1. The lowest BCUT2D eigenvalue weighted by Crippen LogP contribution is -2.47. The summed E-state index contributed by atoms with van der Waals surface area (Å²) in [5.74, 6) is 0. The molecule has 128 valence electrons. The van der Waals surface area contributed by atoms with Gasteiger partial charge in [-0.25, -0.2) is 9.78 Å². The molecule has 0 aliphatic carbocycles. The quantitative estimate of drug-likeness (QED) is 0.928. The highest BCUT2D eigenvalue weighted by atomic mass is 32.1. The monoisotopic (exact) mass is 345 g/mol. The molecule has 0 radical (unpaired) electrons. The van der Waals surface area contributed by atoms with Crippen molar-refractivity contribution in [3.05, 3.63) is 51.0 Å². The molecule has 0 bridgehead atoms. The van der Waals surface area contributed by atoms with Gasteiger partial charge in [0, 0.05) is 24.2 Å². The number of aryl methyl sites for hydroxylation is 3. The third kappa shape index (κ3) is 3.76. The van der Waals surface area contributed by atoms with Gasteiger partial charge in [0.25, 0.3) is 0 Å². The van der Waals surface area contributed by atoms with Crippen molar-refractivity contribution in [2.24, 2.45) is 0 Å². The topological polar surface area (TPSA) is 54.5 Å². The summed E-state index contributed by atoms with van der Waals surface area (Å²) in [4.78, 5) is 19.0. The largest absolute Gasteiger partial charge is 0.377 e. The molecule has 1 aliphatic heterocycles. The summed E-state index contributed by atoms with van der Waals surface area (Å²) < 4.78 is 5.57. The van der Waals surface area contributed by atoms with Crippen LogP contribution in [0.15, 0.2) is 23.6 Å². The van der Waals surface area contributed by atoms with Gasteiger partial charge < -0.3 is 15.0 Å². The van der Waals surface area contributed by atoms with Crippen molar-refractivity contribution in [2.45, 2.75) is 33.4 Å². The normalized spacial score (nSPS) is 17.8. The van der Waals surface area contributed by atoms with E-state index in [2.05, 4.69) is 42.3 Å². The molecule has 1 aromatic heterocycles. The molecule has 2 heterocycles. The summed E-state index contributed by atoms with van der Waals surface area (Å²) in [5, 5.41) is 5.99. The van der Waals surface area contributed by atoms with E-state index in [9.17, 15) is 4.79 Å². The predicted molar refractivity (Wildman–Crippen MR) is 95.3 cm³/mol. The van der Waals surface area contributed by atoms with Crippen LogP contribution in [0.5, 0.6) is 0 Å². The number of hydrogen-bond acceptors (Lipinski definition) is 4. The van der Waals surface area contributed by atoms with Gasteiger partial charge >= 0.3 is 6.03 Å². The van der Waals surface area contributed by atoms with Crippen molar-refractivity contribution in [1.82, 2.24) is 15.2 Å². The molecule has 1 N–H and O–H groups in total. The number of morpholine rings is 1. The first-order chi connectivity index (χ1) is 11.5. The Balaban J connectivity index is 1.68. The van der Waals surface area contributed by atoms with Crippen LogP contribution >= 0.6 is 11.3 Å². The molecule has 2 amide bonds. The first-order valence-electron chi connectivity index (χ1n) is 8.15. The molecule has 1 aliphatic rings. The highest BCUT2D eigenvalue weighted by Crippen LogP contribution is 2.27. The molecular weight excluding hydrogens is 322 g/mol. The Morgan fingerprint density at radius 3 is 2.96 bits per heavy atom. The van der Waals surface area contributed by atoms with Crippen molar-refractivity contribution < 1.29 is 9.53 Å². The van der Waals surface area contributed by atoms with Crippen LogP contribution in [-0.2, 0) is 11.3 Å². The van der Waals surface area contributed by atoms with Gasteiger partial charge in [-0.1, -0.05) is 23.8 Å². The molecule has 6 heteroatoms. The van der Waals surface area contributed by atoms with E-state index in [4.69, 9.17) is 4.74 Å². The average Bonchev–Trinajstić information content (AvgIpc) is 3.00. The SMILES string of the molecule is Cc1ccc(CNC(=O)N2CCOCC2c2nc(C)cs2)c(C)c1. The number of aromatic nitrogens is 1. The molecular formula is C18H23N3O2S. The lowest BCUT2D eigenvalue weighted by molar-refractivity contribution is 0.0115. The third-order valence-electron chi connectivity index (χ3n) is 4.24. The van der Waals surface area contributed by atoms with Gasteiger partial charge in [0.1, 0.15) is 11.0 Å². The Morgan fingerprint density at radius 2 is 2.25 bits per heavy atom. The smallest absolute Gasteiger partial charge is 0.318 e. The molecule has 1 fully saturated rings. The van der Waals surface area contributed by atoms with Crippen molar-refractivity contribution in [3.63, 3.8) is 0 Å². The average molecular weight is 345 g/mol. The Hall–Kier alpha value is -1.92. The molecule has 3 rings (SSSR count). The number of ether oxygens (including phenoxy) is 1. The first kappa shape index (κ1) is 16.9. The first-order valence-corrected chi connectivity index (χ1v) is 9.03. The van der Waals surface area contributed by atoms with Crippen LogP contribution in [0.1, 0.15) is 33.4 Å². The molecule has 0 spiro atoms. The number of carbonyl (C=O) groups is 1. The molecule has 1 atom stereocenters.